The van der Waals surface area contributed by atoms with Crippen LogP contribution in [0.5, 0.6) is 0 Å². The second-order valence-electron chi connectivity index (χ2n) is 6.98. The third-order valence-corrected chi connectivity index (χ3v) is 4.51. The number of fused-ring (bicyclic) bond motifs is 1. The number of carbonyl (C=O) groups excluding carboxylic acids is 1. The van der Waals surface area contributed by atoms with Crippen LogP contribution in [0.25, 0.3) is 11.2 Å². The van der Waals surface area contributed by atoms with Crippen molar-refractivity contribution in [3.8, 4) is 0 Å². The van der Waals surface area contributed by atoms with Gasteiger partial charge in [-0.25, -0.2) is 24.5 Å². The van der Waals surface area contributed by atoms with E-state index in [0.717, 1.165) is 5.56 Å². The maximum absolute atomic E-state index is 12.1. The number of nitrogens with one attached hydrogen (secondary N) is 2. The molecule has 1 aromatic carbocycles. The molecular formula is C20H25N9O4. The van der Waals surface area contributed by atoms with E-state index in [-0.39, 0.29) is 19.1 Å². The fourth-order valence-corrected chi connectivity index (χ4v) is 2.93. The molecule has 0 unspecified atom stereocenters. The molecule has 0 radical (unpaired) electrons. The molecular weight excluding hydrogens is 430 g/mol. The van der Waals surface area contributed by atoms with Crippen molar-refractivity contribution in [3.05, 3.63) is 48.5 Å². The molecule has 0 spiro atoms. The molecule has 0 aliphatic carbocycles. The molecule has 0 saturated carbocycles. The van der Waals surface area contributed by atoms with Gasteiger partial charge >= 0.3 is 12.1 Å². The summed E-state index contributed by atoms with van der Waals surface area (Å²) in [5.74, 6) is -0.699. The Hall–Kier alpha value is -4.42. The van der Waals surface area contributed by atoms with Crippen molar-refractivity contribution in [1.82, 2.24) is 24.8 Å². The second-order valence-corrected chi connectivity index (χ2v) is 6.98. The lowest BCUT2D eigenvalue weighted by Gasteiger charge is -2.15. The monoisotopic (exact) mass is 455 g/mol. The Morgan fingerprint density at radius 1 is 1.18 bits per heavy atom. The standard InChI is InChI=1S/C20H25N9O4/c21-19(22)24-8-4-7-23-16-15-17(26-11-25-16)29(12-27-15)9-14(18(30)31)28-20(32)33-10-13-5-2-1-3-6-13/h1-3,5-6,11-12,14H,4,7-10H2,(H,28,32)(H,30,31)(H4,21,22,24)(H,23,25,26)/t14-/m0/s1. The summed E-state index contributed by atoms with van der Waals surface area (Å²) in [6.07, 6.45) is 2.61. The number of imidazole rings is 1. The lowest BCUT2D eigenvalue weighted by Crippen LogP contribution is -2.43. The first-order chi connectivity index (χ1) is 15.9. The van der Waals surface area contributed by atoms with Crippen LogP contribution in [0.4, 0.5) is 10.6 Å². The van der Waals surface area contributed by atoms with E-state index in [4.69, 9.17) is 16.2 Å². The van der Waals surface area contributed by atoms with E-state index in [0.29, 0.717) is 36.5 Å². The third kappa shape index (κ3) is 6.78. The number of nitrogens with zero attached hydrogens (tertiary/aromatic N) is 5. The average Bonchev–Trinajstić information content (AvgIpc) is 3.21. The first kappa shape index (κ1) is 23.2. The number of aliphatic carboxylic acids is 1. The Kier molecular flexibility index (Phi) is 7.94. The maximum atomic E-state index is 12.1. The number of anilines is 1. The normalized spacial score (nSPS) is 11.5. The molecule has 0 saturated heterocycles. The molecule has 1 amide bonds. The van der Waals surface area contributed by atoms with E-state index in [9.17, 15) is 14.7 Å². The van der Waals surface area contributed by atoms with Crippen molar-refractivity contribution < 1.29 is 19.4 Å². The van der Waals surface area contributed by atoms with E-state index in [1.807, 2.05) is 18.2 Å². The molecule has 0 aliphatic heterocycles. The summed E-state index contributed by atoms with van der Waals surface area (Å²) >= 11 is 0. The molecule has 0 aliphatic rings. The van der Waals surface area contributed by atoms with E-state index < -0.39 is 18.1 Å². The van der Waals surface area contributed by atoms with Crippen LogP contribution in [-0.4, -0.2) is 61.8 Å². The average molecular weight is 455 g/mol. The van der Waals surface area contributed by atoms with Crippen LogP contribution in [0, 0.1) is 0 Å². The first-order valence-corrected chi connectivity index (χ1v) is 10.1. The molecule has 3 aromatic rings. The Balaban J connectivity index is 1.62. The molecule has 7 N–H and O–H groups in total. The first-order valence-electron chi connectivity index (χ1n) is 10.1. The van der Waals surface area contributed by atoms with Gasteiger partial charge in [-0.1, -0.05) is 30.3 Å². The van der Waals surface area contributed by atoms with Crippen LogP contribution >= 0.6 is 0 Å². The molecule has 0 bridgehead atoms. The number of aliphatic imine (C=N–C) groups is 1. The highest BCUT2D eigenvalue weighted by Gasteiger charge is 2.23. The highest BCUT2D eigenvalue weighted by Crippen LogP contribution is 2.17. The molecule has 0 fully saturated rings. The predicted molar refractivity (Wildman–Crippen MR) is 120 cm³/mol. The Labute approximate surface area is 188 Å². The lowest BCUT2D eigenvalue weighted by atomic mass is 10.2. The van der Waals surface area contributed by atoms with Gasteiger partial charge in [-0.3, -0.25) is 4.99 Å². The maximum Gasteiger partial charge on any atom is 0.408 e. The molecule has 13 heteroatoms. The number of ether oxygens (including phenoxy) is 1. The SMILES string of the molecule is NC(N)=NCCCNc1ncnc2c1ncn2C[C@H](NC(=O)OCc1ccccc1)C(=O)O. The van der Waals surface area contributed by atoms with Gasteiger partial charge in [0.1, 0.15) is 24.5 Å². The number of amides is 1. The zero-order valence-corrected chi connectivity index (χ0v) is 17.7. The Morgan fingerprint density at radius 3 is 2.70 bits per heavy atom. The summed E-state index contributed by atoms with van der Waals surface area (Å²) in [6.45, 7) is 0.929. The minimum atomic E-state index is -1.25. The molecule has 2 heterocycles. The second kappa shape index (κ2) is 11.3. The van der Waals surface area contributed by atoms with Crippen LogP contribution in [0.2, 0.25) is 0 Å². The van der Waals surface area contributed by atoms with Gasteiger partial charge in [0.15, 0.2) is 17.4 Å². The number of aromatic nitrogens is 4. The highest BCUT2D eigenvalue weighted by atomic mass is 16.5. The van der Waals surface area contributed by atoms with Gasteiger partial charge in [0.25, 0.3) is 0 Å². The van der Waals surface area contributed by atoms with Crippen molar-refractivity contribution in [2.75, 3.05) is 18.4 Å². The number of carbonyl (C=O) groups is 2. The summed E-state index contributed by atoms with van der Waals surface area (Å²) in [5.41, 5.74) is 12.3. The Bertz CT molecular complexity index is 1110. The van der Waals surface area contributed by atoms with E-state index in [2.05, 4.69) is 30.6 Å². The summed E-state index contributed by atoms with van der Waals surface area (Å²) in [7, 11) is 0. The van der Waals surface area contributed by atoms with Gasteiger partial charge in [-0.15, -0.1) is 0 Å². The van der Waals surface area contributed by atoms with E-state index in [1.54, 1.807) is 12.1 Å². The highest BCUT2D eigenvalue weighted by molar-refractivity contribution is 5.83. The minimum Gasteiger partial charge on any atom is -0.480 e. The molecule has 174 valence electrons. The number of carboxylic acids is 1. The van der Waals surface area contributed by atoms with Crippen LogP contribution < -0.4 is 22.1 Å². The number of carboxylic acid groups (broad SMARTS) is 1. The van der Waals surface area contributed by atoms with Crippen LogP contribution in [-0.2, 0) is 22.7 Å². The quantitative estimate of drug-likeness (QED) is 0.152. The van der Waals surface area contributed by atoms with Crippen molar-refractivity contribution in [2.45, 2.75) is 25.6 Å². The molecule has 3 rings (SSSR count). The largest absolute Gasteiger partial charge is 0.480 e. The van der Waals surface area contributed by atoms with Crippen LogP contribution in [0.3, 0.4) is 0 Å². The number of nitrogens with two attached hydrogens (primary N) is 2. The number of rotatable bonds is 11. The summed E-state index contributed by atoms with van der Waals surface area (Å²) in [5, 5.41) is 15.1. The van der Waals surface area contributed by atoms with Gasteiger partial charge in [0, 0.05) is 13.1 Å². The van der Waals surface area contributed by atoms with Gasteiger partial charge in [-0.2, -0.15) is 0 Å². The zero-order valence-electron chi connectivity index (χ0n) is 17.7. The van der Waals surface area contributed by atoms with Crippen LogP contribution in [0.15, 0.2) is 48.0 Å². The summed E-state index contributed by atoms with van der Waals surface area (Å²) < 4.78 is 6.64. The lowest BCUT2D eigenvalue weighted by molar-refractivity contribution is -0.139. The Morgan fingerprint density at radius 2 is 1.97 bits per heavy atom. The topological polar surface area (TPSA) is 196 Å². The summed E-state index contributed by atoms with van der Waals surface area (Å²) in [6, 6.07) is 7.82. The van der Waals surface area contributed by atoms with Crippen LogP contribution in [0.1, 0.15) is 12.0 Å². The van der Waals surface area contributed by atoms with Crippen molar-refractivity contribution in [1.29, 1.82) is 0 Å². The molecule has 1 atom stereocenters. The number of hydrogen-bond donors (Lipinski definition) is 5. The van der Waals surface area contributed by atoms with Gasteiger partial charge in [-0.05, 0) is 12.0 Å². The molecule has 2 aromatic heterocycles. The zero-order chi connectivity index (χ0) is 23.6. The van der Waals surface area contributed by atoms with Crippen molar-refractivity contribution >= 4 is 35.0 Å². The third-order valence-electron chi connectivity index (χ3n) is 4.51. The van der Waals surface area contributed by atoms with Gasteiger partial charge in [0.2, 0.25) is 0 Å². The smallest absolute Gasteiger partial charge is 0.408 e. The number of guanidine groups is 1. The van der Waals surface area contributed by atoms with Gasteiger partial charge in [0.05, 0.1) is 12.9 Å². The van der Waals surface area contributed by atoms with E-state index >= 15 is 0 Å². The summed E-state index contributed by atoms with van der Waals surface area (Å²) in [4.78, 5) is 40.4. The fourth-order valence-electron chi connectivity index (χ4n) is 2.93. The predicted octanol–water partition coefficient (Wildman–Crippen LogP) is 0.281. The van der Waals surface area contributed by atoms with Gasteiger partial charge < -0.3 is 36.5 Å². The van der Waals surface area contributed by atoms with E-state index in [1.165, 1.54) is 17.2 Å². The number of benzene rings is 1. The fraction of sp³-hybridized carbons (Fsp3) is 0.300. The number of hydrogen-bond acceptors (Lipinski definition) is 8. The minimum absolute atomic E-state index is 0.0262. The van der Waals surface area contributed by atoms with Crippen molar-refractivity contribution in [3.63, 3.8) is 0 Å². The van der Waals surface area contributed by atoms with Crippen molar-refractivity contribution in [2.24, 2.45) is 16.5 Å². The molecule has 13 nitrogen and oxygen atoms in total. The molecule has 33 heavy (non-hydrogen) atoms. The number of alkyl carbamates (subject to hydrolysis) is 1.